The molecule has 3 heterocycles. The number of rotatable bonds is 3. The summed E-state index contributed by atoms with van der Waals surface area (Å²) in [5.41, 5.74) is 2.57. The van der Waals surface area contributed by atoms with Crippen molar-refractivity contribution in [3.8, 4) is 0 Å². The molecule has 6 nitrogen and oxygen atoms in total. The van der Waals surface area contributed by atoms with Crippen LogP contribution in [0.1, 0.15) is 16.2 Å². The molecule has 1 amide bonds. The highest BCUT2D eigenvalue weighted by molar-refractivity contribution is 7.98. The molecule has 3 aromatic rings. The Balaban J connectivity index is 1.45. The zero-order chi connectivity index (χ0) is 18.3. The Bertz CT molecular complexity index is 936. The number of aromatic nitrogens is 3. The third-order valence-electron chi connectivity index (χ3n) is 4.75. The lowest BCUT2D eigenvalue weighted by molar-refractivity contribution is 0.0740. The van der Waals surface area contributed by atoms with Gasteiger partial charge in [0.1, 0.15) is 0 Å². The molecule has 1 saturated heterocycles. The van der Waals surface area contributed by atoms with Gasteiger partial charge in [0.25, 0.3) is 5.91 Å². The van der Waals surface area contributed by atoms with Crippen LogP contribution in [0.5, 0.6) is 0 Å². The number of anilines is 1. The van der Waals surface area contributed by atoms with Crippen LogP contribution in [0.3, 0.4) is 0 Å². The van der Waals surface area contributed by atoms with Gasteiger partial charge in [-0.25, -0.2) is 4.98 Å². The smallest absolute Gasteiger partial charge is 0.274 e. The van der Waals surface area contributed by atoms with Gasteiger partial charge < -0.3 is 9.80 Å². The number of fused-ring (bicyclic) bond motifs is 1. The van der Waals surface area contributed by atoms with Gasteiger partial charge in [-0.1, -0.05) is 11.3 Å². The van der Waals surface area contributed by atoms with E-state index in [-0.39, 0.29) is 5.91 Å². The maximum absolute atomic E-state index is 12.6. The molecule has 0 aliphatic carbocycles. The SMILES string of the molecule is CSc1ccc2nc(N3CCN(C(=O)c4cc(C)n(C)n4)CC3)sc2c1. The number of carbonyl (C=O) groups is 1. The van der Waals surface area contributed by atoms with E-state index in [4.69, 9.17) is 4.98 Å². The Hall–Kier alpha value is -2.06. The molecule has 2 aromatic heterocycles. The maximum atomic E-state index is 12.6. The zero-order valence-electron chi connectivity index (χ0n) is 15.1. The summed E-state index contributed by atoms with van der Waals surface area (Å²) >= 11 is 3.47. The number of hydrogen-bond acceptors (Lipinski definition) is 6. The highest BCUT2D eigenvalue weighted by atomic mass is 32.2. The summed E-state index contributed by atoms with van der Waals surface area (Å²) in [7, 11) is 1.86. The number of thiazole rings is 1. The molecule has 0 bridgehead atoms. The Kier molecular flexibility index (Phi) is 4.62. The van der Waals surface area contributed by atoms with E-state index in [0.717, 1.165) is 29.4 Å². The number of carbonyl (C=O) groups excluding carboxylic acids is 1. The molecule has 26 heavy (non-hydrogen) atoms. The molecule has 0 radical (unpaired) electrons. The van der Waals surface area contributed by atoms with Gasteiger partial charge in [0.05, 0.1) is 10.2 Å². The minimum absolute atomic E-state index is 0.0160. The standard InChI is InChI=1S/C18H21N5OS2/c1-12-10-15(20-21(12)2)17(24)22-6-8-23(9-7-22)18-19-14-5-4-13(25-3)11-16(14)26-18/h4-5,10-11H,6-9H2,1-3H3. The minimum Gasteiger partial charge on any atom is -0.345 e. The van der Waals surface area contributed by atoms with E-state index >= 15 is 0 Å². The fourth-order valence-corrected chi connectivity index (χ4v) is 4.65. The maximum Gasteiger partial charge on any atom is 0.274 e. The van der Waals surface area contributed by atoms with Gasteiger partial charge in [-0.2, -0.15) is 5.10 Å². The van der Waals surface area contributed by atoms with E-state index < -0.39 is 0 Å². The lowest BCUT2D eigenvalue weighted by atomic mass is 10.2. The fourth-order valence-electron chi connectivity index (χ4n) is 3.08. The number of nitrogens with zero attached hydrogens (tertiary/aromatic N) is 5. The van der Waals surface area contributed by atoms with Crippen LogP contribution in [0, 0.1) is 6.92 Å². The molecular weight excluding hydrogens is 366 g/mol. The van der Waals surface area contributed by atoms with Gasteiger partial charge in [0.2, 0.25) is 0 Å². The van der Waals surface area contributed by atoms with E-state index in [1.807, 2.05) is 24.9 Å². The van der Waals surface area contributed by atoms with Crippen LogP contribution in [0.4, 0.5) is 5.13 Å². The minimum atomic E-state index is 0.0160. The molecule has 1 fully saturated rings. The quantitative estimate of drug-likeness (QED) is 0.647. The van der Waals surface area contributed by atoms with Gasteiger partial charge >= 0.3 is 0 Å². The van der Waals surface area contributed by atoms with E-state index in [9.17, 15) is 4.79 Å². The number of aryl methyl sites for hydroxylation is 2. The molecule has 0 atom stereocenters. The molecule has 0 spiro atoms. The van der Waals surface area contributed by atoms with Crippen LogP contribution in [0.25, 0.3) is 10.2 Å². The second-order valence-electron chi connectivity index (χ2n) is 6.40. The van der Waals surface area contributed by atoms with Crippen molar-refractivity contribution < 1.29 is 4.79 Å². The monoisotopic (exact) mass is 387 g/mol. The number of amides is 1. The fraction of sp³-hybridized carbons (Fsp3) is 0.389. The van der Waals surface area contributed by atoms with Crippen molar-refractivity contribution in [1.29, 1.82) is 0 Å². The summed E-state index contributed by atoms with van der Waals surface area (Å²) in [6, 6.07) is 8.25. The number of piperazine rings is 1. The third-order valence-corrected chi connectivity index (χ3v) is 6.56. The predicted molar refractivity (Wildman–Crippen MR) is 107 cm³/mol. The van der Waals surface area contributed by atoms with Gasteiger partial charge in [-0.15, -0.1) is 11.8 Å². The summed E-state index contributed by atoms with van der Waals surface area (Å²) in [5, 5.41) is 5.35. The first-order valence-electron chi connectivity index (χ1n) is 8.54. The molecule has 1 aromatic carbocycles. The molecule has 1 aliphatic heterocycles. The van der Waals surface area contributed by atoms with Gasteiger partial charge in [0, 0.05) is 43.8 Å². The second kappa shape index (κ2) is 6.92. The first kappa shape index (κ1) is 17.4. The van der Waals surface area contributed by atoms with Crippen LogP contribution in [-0.4, -0.2) is 58.0 Å². The van der Waals surface area contributed by atoms with Crippen molar-refractivity contribution in [3.63, 3.8) is 0 Å². The first-order valence-corrected chi connectivity index (χ1v) is 10.6. The Morgan fingerprint density at radius 2 is 1.96 bits per heavy atom. The summed E-state index contributed by atoms with van der Waals surface area (Å²) in [4.78, 5) is 22.8. The second-order valence-corrected chi connectivity index (χ2v) is 8.29. The third kappa shape index (κ3) is 3.19. The molecule has 0 N–H and O–H groups in total. The summed E-state index contributed by atoms with van der Waals surface area (Å²) < 4.78 is 2.96. The van der Waals surface area contributed by atoms with Crippen molar-refractivity contribution in [2.45, 2.75) is 11.8 Å². The van der Waals surface area contributed by atoms with Gasteiger partial charge in [0.15, 0.2) is 10.8 Å². The molecule has 136 valence electrons. The van der Waals surface area contributed by atoms with Crippen molar-refractivity contribution >= 4 is 44.4 Å². The van der Waals surface area contributed by atoms with Crippen LogP contribution < -0.4 is 4.90 Å². The molecule has 4 rings (SSSR count). The van der Waals surface area contributed by atoms with Crippen molar-refractivity contribution in [2.24, 2.45) is 7.05 Å². The van der Waals surface area contributed by atoms with Crippen LogP contribution in [0.15, 0.2) is 29.2 Å². The highest BCUT2D eigenvalue weighted by Gasteiger charge is 2.25. The lowest BCUT2D eigenvalue weighted by Gasteiger charge is -2.34. The Labute approximate surface area is 160 Å². The number of thioether (sulfide) groups is 1. The topological polar surface area (TPSA) is 54.3 Å². The molecule has 8 heteroatoms. The van der Waals surface area contributed by atoms with E-state index in [2.05, 4.69) is 34.5 Å². The molecule has 0 unspecified atom stereocenters. The predicted octanol–water partition coefficient (Wildman–Crippen LogP) is 3.02. The Morgan fingerprint density at radius 1 is 1.19 bits per heavy atom. The number of hydrogen-bond donors (Lipinski definition) is 0. The van der Waals surface area contributed by atoms with Crippen molar-refractivity contribution in [2.75, 3.05) is 37.3 Å². The summed E-state index contributed by atoms with van der Waals surface area (Å²) in [6.45, 7) is 4.94. The largest absolute Gasteiger partial charge is 0.345 e. The van der Waals surface area contributed by atoms with Gasteiger partial charge in [-0.3, -0.25) is 9.48 Å². The number of benzene rings is 1. The first-order chi connectivity index (χ1) is 12.5. The van der Waals surface area contributed by atoms with E-state index in [1.54, 1.807) is 27.8 Å². The van der Waals surface area contributed by atoms with Crippen molar-refractivity contribution in [1.82, 2.24) is 19.7 Å². The normalized spacial score (nSPS) is 15.0. The summed E-state index contributed by atoms with van der Waals surface area (Å²) in [5.74, 6) is 0.0160. The van der Waals surface area contributed by atoms with Crippen LogP contribution >= 0.6 is 23.1 Å². The van der Waals surface area contributed by atoms with Crippen molar-refractivity contribution in [3.05, 3.63) is 35.7 Å². The zero-order valence-corrected chi connectivity index (χ0v) is 16.7. The van der Waals surface area contributed by atoms with E-state index in [0.29, 0.717) is 18.8 Å². The average Bonchev–Trinajstić information content (AvgIpc) is 3.24. The van der Waals surface area contributed by atoms with Crippen LogP contribution in [0.2, 0.25) is 0 Å². The molecule has 0 saturated carbocycles. The Morgan fingerprint density at radius 3 is 2.62 bits per heavy atom. The van der Waals surface area contributed by atoms with E-state index in [1.165, 1.54) is 9.60 Å². The highest BCUT2D eigenvalue weighted by Crippen LogP contribution is 2.32. The van der Waals surface area contributed by atoms with Gasteiger partial charge in [-0.05, 0) is 37.4 Å². The van der Waals surface area contributed by atoms with Crippen LogP contribution in [-0.2, 0) is 7.05 Å². The molecule has 1 aliphatic rings. The lowest BCUT2D eigenvalue weighted by Crippen LogP contribution is -2.48. The summed E-state index contributed by atoms with van der Waals surface area (Å²) in [6.07, 6.45) is 2.09. The average molecular weight is 388 g/mol. The molecular formula is C18H21N5OS2.